The lowest BCUT2D eigenvalue weighted by molar-refractivity contribution is -0.154. The van der Waals surface area contributed by atoms with Crippen LogP contribution in [0.15, 0.2) is 24.3 Å². The van der Waals surface area contributed by atoms with Gasteiger partial charge in [0.2, 0.25) is 0 Å². The first-order valence-corrected chi connectivity index (χ1v) is 5.85. The molecule has 0 bridgehead atoms. The smallest absolute Gasteiger partial charge is 0.334 e. The van der Waals surface area contributed by atoms with Crippen LogP contribution in [0.5, 0.6) is 0 Å². The number of carbonyl (C=O) groups excluding carboxylic acids is 1. The van der Waals surface area contributed by atoms with Crippen LogP contribution in [0.2, 0.25) is 5.02 Å². The first-order chi connectivity index (χ1) is 8.58. The molecule has 1 N–H and O–H groups in total. The van der Waals surface area contributed by atoms with Gasteiger partial charge in [0.05, 0.1) is 13.2 Å². The Balaban J connectivity index is 2.11. The molecule has 0 aromatic heterocycles. The van der Waals surface area contributed by atoms with Crippen molar-refractivity contribution in [2.24, 2.45) is 0 Å². The lowest BCUT2D eigenvalue weighted by atomic mass is 10.1. The number of ether oxygens (including phenoxy) is 1. The minimum absolute atomic E-state index is 0.0562. The number of carboxylic acids is 1. The van der Waals surface area contributed by atoms with Crippen molar-refractivity contribution in [2.75, 3.05) is 19.7 Å². The molecule has 2 rings (SSSR count). The summed E-state index contributed by atoms with van der Waals surface area (Å²) in [6, 6.07) is 6.58. The predicted octanol–water partition coefficient (Wildman–Crippen LogP) is 1.27. The minimum Gasteiger partial charge on any atom is -0.479 e. The number of aliphatic carboxylic acids is 1. The molecule has 1 atom stereocenters. The summed E-state index contributed by atoms with van der Waals surface area (Å²) in [7, 11) is 0. The van der Waals surface area contributed by atoms with E-state index >= 15 is 0 Å². The highest BCUT2D eigenvalue weighted by atomic mass is 35.5. The molecule has 1 fully saturated rings. The number of nitrogens with zero attached hydrogens (tertiary/aromatic N) is 1. The highest BCUT2D eigenvalue weighted by Gasteiger charge is 2.29. The van der Waals surface area contributed by atoms with Gasteiger partial charge in [-0.15, -0.1) is 0 Å². The van der Waals surface area contributed by atoms with Crippen LogP contribution in [0.25, 0.3) is 0 Å². The molecule has 1 aromatic carbocycles. The number of rotatable bonds is 2. The molecule has 0 spiro atoms. The average molecular weight is 270 g/mol. The molecule has 1 aromatic rings. The van der Waals surface area contributed by atoms with E-state index in [4.69, 9.17) is 21.4 Å². The number of benzene rings is 1. The Kier molecular flexibility index (Phi) is 3.84. The highest BCUT2D eigenvalue weighted by Crippen LogP contribution is 2.15. The standard InChI is InChI=1S/C12H12ClNO4/c13-9-3-1-2-8(6-9)11(15)14-4-5-18-10(7-14)12(16)17/h1-3,6,10H,4-5,7H2,(H,16,17)/t10-/m0/s1. The minimum atomic E-state index is -1.06. The Labute approximate surface area is 109 Å². The van der Waals surface area contributed by atoms with Crippen LogP contribution < -0.4 is 0 Å². The van der Waals surface area contributed by atoms with E-state index in [9.17, 15) is 9.59 Å². The molecule has 0 aliphatic carbocycles. The fourth-order valence-corrected chi connectivity index (χ4v) is 1.98. The van der Waals surface area contributed by atoms with E-state index in [1.54, 1.807) is 24.3 Å². The van der Waals surface area contributed by atoms with Crippen LogP contribution in [0.1, 0.15) is 10.4 Å². The third-order valence-electron chi connectivity index (χ3n) is 2.70. The zero-order valence-electron chi connectivity index (χ0n) is 9.51. The summed E-state index contributed by atoms with van der Waals surface area (Å²) in [6.45, 7) is 0.666. The van der Waals surface area contributed by atoms with Crippen LogP contribution in [0, 0.1) is 0 Å². The number of carboxylic acid groups (broad SMARTS) is 1. The summed E-state index contributed by atoms with van der Waals surface area (Å²) in [4.78, 5) is 24.4. The molecule has 1 amide bonds. The van der Waals surface area contributed by atoms with Gasteiger partial charge >= 0.3 is 5.97 Å². The Morgan fingerprint density at radius 2 is 2.22 bits per heavy atom. The lowest BCUT2D eigenvalue weighted by Gasteiger charge is -2.30. The van der Waals surface area contributed by atoms with Crippen LogP contribution >= 0.6 is 11.6 Å². The second kappa shape index (κ2) is 5.37. The van der Waals surface area contributed by atoms with Crippen LogP contribution in [-0.4, -0.2) is 47.7 Å². The maximum absolute atomic E-state index is 12.1. The summed E-state index contributed by atoms with van der Waals surface area (Å²) in [5.41, 5.74) is 0.452. The van der Waals surface area contributed by atoms with Gasteiger partial charge in [-0.05, 0) is 18.2 Å². The Hall–Kier alpha value is -1.59. The van der Waals surface area contributed by atoms with Gasteiger partial charge in [0.15, 0.2) is 6.10 Å². The normalized spacial score (nSPS) is 19.6. The number of hydrogen-bond donors (Lipinski definition) is 1. The van der Waals surface area contributed by atoms with E-state index in [1.165, 1.54) is 4.90 Å². The SMILES string of the molecule is O=C(O)[C@@H]1CN(C(=O)c2cccc(Cl)c2)CCO1. The summed E-state index contributed by atoms with van der Waals surface area (Å²) < 4.78 is 5.06. The van der Waals surface area contributed by atoms with Gasteiger partial charge in [-0.3, -0.25) is 4.79 Å². The van der Waals surface area contributed by atoms with Gasteiger partial charge in [-0.25, -0.2) is 4.79 Å². The number of halogens is 1. The van der Waals surface area contributed by atoms with E-state index in [-0.39, 0.29) is 19.1 Å². The van der Waals surface area contributed by atoms with E-state index in [2.05, 4.69) is 0 Å². The van der Waals surface area contributed by atoms with E-state index in [0.717, 1.165) is 0 Å². The zero-order chi connectivity index (χ0) is 13.1. The summed E-state index contributed by atoms with van der Waals surface area (Å²) in [5.74, 6) is -1.29. The zero-order valence-corrected chi connectivity index (χ0v) is 10.3. The summed E-state index contributed by atoms with van der Waals surface area (Å²) >= 11 is 5.82. The van der Waals surface area contributed by atoms with Crippen molar-refractivity contribution in [3.8, 4) is 0 Å². The van der Waals surface area contributed by atoms with Crippen molar-refractivity contribution in [3.63, 3.8) is 0 Å². The molecule has 0 radical (unpaired) electrons. The van der Waals surface area contributed by atoms with Crippen molar-refractivity contribution in [3.05, 3.63) is 34.9 Å². The highest BCUT2D eigenvalue weighted by molar-refractivity contribution is 6.30. The van der Waals surface area contributed by atoms with Crippen molar-refractivity contribution in [1.82, 2.24) is 4.90 Å². The summed E-state index contributed by atoms with van der Waals surface area (Å²) in [5, 5.41) is 9.34. The van der Waals surface area contributed by atoms with Crippen molar-refractivity contribution < 1.29 is 19.4 Å². The fourth-order valence-electron chi connectivity index (χ4n) is 1.79. The predicted molar refractivity (Wildman–Crippen MR) is 64.7 cm³/mol. The molecule has 1 aliphatic rings. The Morgan fingerprint density at radius 3 is 2.89 bits per heavy atom. The molecule has 1 saturated heterocycles. The monoisotopic (exact) mass is 269 g/mol. The molecule has 5 nitrogen and oxygen atoms in total. The molecule has 6 heteroatoms. The summed E-state index contributed by atoms with van der Waals surface area (Å²) in [6.07, 6.45) is -0.957. The maximum Gasteiger partial charge on any atom is 0.334 e. The van der Waals surface area contributed by atoms with E-state index in [1.807, 2.05) is 0 Å². The van der Waals surface area contributed by atoms with Gasteiger partial charge in [-0.2, -0.15) is 0 Å². The molecule has 18 heavy (non-hydrogen) atoms. The molecule has 1 aliphatic heterocycles. The van der Waals surface area contributed by atoms with E-state index < -0.39 is 12.1 Å². The van der Waals surface area contributed by atoms with Gasteiger partial charge in [-0.1, -0.05) is 17.7 Å². The topological polar surface area (TPSA) is 66.8 Å². The lowest BCUT2D eigenvalue weighted by Crippen LogP contribution is -2.48. The third kappa shape index (κ3) is 2.80. The van der Waals surface area contributed by atoms with Gasteiger partial charge < -0.3 is 14.7 Å². The largest absolute Gasteiger partial charge is 0.479 e. The van der Waals surface area contributed by atoms with Gasteiger partial charge in [0.1, 0.15) is 0 Å². The second-order valence-electron chi connectivity index (χ2n) is 3.96. The molecule has 0 unspecified atom stereocenters. The molecular formula is C12H12ClNO4. The second-order valence-corrected chi connectivity index (χ2v) is 4.40. The molecular weight excluding hydrogens is 258 g/mol. The van der Waals surface area contributed by atoms with Gasteiger partial charge in [0.25, 0.3) is 5.91 Å². The van der Waals surface area contributed by atoms with Crippen molar-refractivity contribution >= 4 is 23.5 Å². The fraction of sp³-hybridized carbons (Fsp3) is 0.333. The van der Waals surface area contributed by atoms with E-state index in [0.29, 0.717) is 17.1 Å². The Bertz CT molecular complexity index is 477. The maximum atomic E-state index is 12.1. The van der Waals surface area contributed by atoms with Crippen LogP contribution in [0.3, 0.4) is 0 Å². The third-order valence-corrected chi connectivity index (χ3v) is 2.94. The first kappa shape index (κ1) is 12.9. The Morgan fingerprint density at radius 1 is 1.44 bits per heavy atom. The quantitative estimate of drug-likeness (QED) is 0.878. The molecule has 1 heterocycles. The number of hydrogen-bond acceptors (Lipinski definition) is 3. The van der Waals surface area contributed by atoms with Crippen LogP contribution in [0.4, 0.5) is 0 Å². The average Bonchev–Trinajstić information content (AvgIpc) is 2.38. The van der Waals surface area contributed by atoms with Gasteiger partial charge in [0, 0.05) is 17.1 Å². The van der Waals surface area contributed by atoms with Crippen LogP contribution in [-0.2, 0) is 9.53 Å². The first-order valence-electron chi connectivity index (χ1n) is 5.47. The number of amides is 1. The van der Waals surface area contributed by atoms with Crippen molar-refractivity contribution in [1.29, 1.82) is 0 Å². The van der Waals surface area contributed by atoms with Crippen molar-refractivity contribution in [2.45, 2.75) is 6.10 Å². The number of morpholine rings is 1. The molecule has 0 saturated carbocycles. The molecule has 96 valence electrons. The number of carbonyl (C=O) groups is 2.